The van der Waals surface area contributed by atoms with E-state index in [-0.39, 0.29) is 6.54 Å². The highest BCUT2D eigenvalue weighted by molar-refractivity contribution is 5.75. The minimum Gasteiger partial charge on any atom is -0.477 e. The van der Waals surface area contributed by atoms with Crippen molar-refractivity contribution in [1.29, 1.82) is 0 Å². The minimum absolute atomic E-state index is 0.211. The molecular weight excluding hydrogens is 336 g/mol. The molecule has 0 spiro atoms. The molecule has 1 aromatic heterocycles. The summed E-state index contributed by atoms with van der Waals surface area (Å²) in [4.78, 5) is 15.1. The van der Waals surface area contributed by atoms with E-state index < -0.39 is 55.2 Å². The van der Waals surface area contributed by atoms with Gasteiger partial charge in [0.2, 0.25) is 0 Å². The lowest BCUT2D eigenvalue weighted by molar-refractivity contribution is -0.295. The zero-order valence-corrected chi connectivity index (χ0v) is 13.3. The fourth-order valence-electron chi connectivity index (χ4n) is 2.71. The first-order valence-corrected chi connectivity index (χ1v) is 7.69. The number of nitrogens with one attached hydrogen (secondary N) is 1. The molecule has 6 atom stereocenters. The van der Waals surface area contributed by atoms with Gasteiger partial charge in [-0.2, -0.15) is 0 Å². The standard InChI is InChI=1S/C15H22N2O8/c18-7-10(20)12(21)13-11(17-6-8-2-1-3-16-5-8)9(19)4-15(24,25-13)14(22)23/h1-3,5,9-13,17-21,24H,4,6-7H2,(H,22,23)/t9-,10+,11+,12+,13+,15-/m0/s1. The number of carbonyl (C=O) groups is 1. The number of carboxylic acids is 1. The number of aliphatic hydroxyl groups is 5. The Morgan fingerprint density at radius 1 is 1.48 bits per heavy atom. The van der Waals surface area contributed by atoms with Crippen molar-refractivity contribution < 1.29 is 40.2 Å². The van der Waals surface area contributed by atoms with Crippen molar-refractivity contribution in [1.82, 2.24) is 10.3 Å². The first kappa shape index (κ1) is 19.7. The van der Waals surface area contributed by atoms with E-state index in [9.17, 15) is 25.2 Å². The number of hydrogen-bond donors (Lipinski definition) is 7. The summed E-state index contributed by atoms with van der Waals surface area (Å²) in [7, 11) is 0. The number of nitrogens with zero attached hydrogens (tertiary/aromatic N) is 1. The SMILES string of the molecule is O=C(O)[C@]1(O)C[C@H](O)[C@@H](NCc2cccnc2)[C@H]([C@H](O)[C@H](O)CO)O1. The fraction of sp³-hybridized carbons (Fsp3) is 0.600. The molecule has 2 heterocycles. The van der Waals surface area contributed by atoms with Crippen LogP contribution in [0.1, 0.15) is 12.0 Å². The summed E-state index contributed by atoms with van der Waals surface area (Å²) in [5, 5.41) is 61.1. The Morgan fingerprint density at radius 3 is 2.76 bits per heavy atom. The second-order valence-corrected chi connectivity index (χ2v) is 5.95. The summed E-state index contributed by atoms with van der Waals surface area (Å²) < 4.78 is 5.09. The van der Waals surface area contributed by atoms with Gasteiger partial charge in [0.15, 0.2) is 0 Å². The van der Waals surface area contributed by atoms with E-state index in [1.807, 2.05) is 0 Å². The van der Waals surface area contributed by atoms with E-state index in [1.54, 1.807) is 24.5 Å². The van der Waals surface area contributed by atoms with Crippen molar-refractivity contribution in [3.05, 3.63) is 30.1 Å². The fourth-order valence-corrected chi connectivity index (χ4v) is 2.71. The number of aliphatic hydroxyl groups excluding tert-OH is 4. The summed E-state index contributed by atoms with van der Waals surface area (Å²) in [6.07, 6.45) is -3.73. The topological polar surface area (TPSA) is 173 Å². The first-order valence-electron chi connectivity index (χ1n) is 7.69. The quantitative estimate of drug-likeness (QED) is 0.269. The molecule has 1 saturated heterocycles. The molecule has 0 unspecified atom stereocenters. The van der Waals surface area contributed by atoms with Gasteiger partial charge in [-0.1, -0.05) is 6.07 Å². The molecule has 10 nitrogen and oxygen atoms in total. The monoisotopic (exact) mass is 358 g/mol. The van der Waals surface area contributed by atoms with E-state index in [0.717, 1.165) is 5.56 Å². The maximum absolute atomic E-state index is 11.2. The van der Waals surface area contributed by atoms with Crippen molar-refractivity contribution >= 4 is 5.97 Å². The lowest BCUT2D eigenvalue weighted by Crippen LogP contribution is -2.66. The van der Waals surface area contributed by atoms with E-state index in [0.29, 0.717) is 0 Å². The highest BCUT2D eigenvalue weighted by atomic mass is 16.7. The summed E-state index contributed by atoms with van der Waals surface area (Å²) in [6.45, 7) is -0.596. The van der Waals surface area contributed by atoms with Crippen LogP contribution < -0.4 is 5.32 Å². The summed E-state index contributed by atoms with van der Waals surface area (Å²) in [6, 6.07) is 2.46. The zero-order valence-electron chi connectivity index (χ0n) is 13.3. The van der Waals surface area contributed by atoms with E-state index in [4.69, 9.17) is 14.9 Å². The van der Waals surface area contributed by atoms with Gasteiger partial charge in [0, 0.05) is 25.4 Å². The number of hydrogen-bond acceptors (Lipinski definition) is 9. The third-order valence-electron chi connectivity index (χ3n) is 4.10. The molecule has 0 amide bonds. The van der Waals surface area contributed by atoms with Crippen LogP contribution in [0.25, 0.3) is 0 Å². The normalized spacial score (nSPS) is 32.1. The molecule has 1 fully saturated rings. The highest BCUT2D eigenvalue weighted by Gasteiger charge is 2.53. The molecule has 1 aromatic rings. The maximum atomic E-state index is 11.2. The molecule has 10 heteroatoms. The Bertz CT molecular complexity index is 574. The molecule has 25 heavy (non-hydrogen) atoms. The number of carboxylic acid groups (broad SMARTS) is 1. The van der Waals surface area contributed by atoms with Gasteiger partial charge in [-0.05, 0) is 11.6 Å². The number of rotatable bonds is 7. The summed E-state index contributed by atoms with van der Waals surface area (Å²) in [5.41, 5.74) is 0.754. The molecule has 0 aliphatic carbocycles. The van der Waals surface area contributed by atoms with Crippen LogP contribution in [0.3, 0.4) is 0 Å². The molecule has 7 N–H and O–H groups in total. The molecule has 0 bridgehead atoms. The zero-order chi connectivity index (χ0) is 18.6. The molecule has 2 rings (SSSR count). The highest BCUT2D eigenvalue weighted by Crippen LogP contribution is 2.30. The third-order valence-corrected chi connectivity index (χ3v) is 4.10. The average molecular weight is 358 g/mol. The van der Waals surface area contributed by atoms with Gasteiger partial charge in [0.05, 0.1) is 18.8 Å². The largest absolute Gasteiger partial charge is 0.477 e. The summed E-state index contributed by atoms with van der Waals surface area (Å²) in [5.74, 6) is -4.44. The van der Waals surface area contributed by atoms with Crippen LogP contribution in [0.5, 0.6) is 0 Å². The number of ether oxygens (including phenoxy) is 1. The van der Waals surface area contributed by atoms with Gasteiger partial charge < -0.3 is 40.7 Å². The second-order valence-electron chi connectivity index (χ2n) is 5.95. The van der Waals surface area contributed by atoms with Gasteiger partial charge in [-0.25, -0.2) is 4.79 Å². The van der Waals surface area contributed by atoms with E-state index in [1.165, 1.54) is 0 Å². The van der Waals surface area contributed by atoms with Crippen LogP contribution in [0.2, 0.25) is 0 Å². The molecule has 0 aromatic carbocycles. The number of aromatic nitrogens is 1. The Kier molecular flexibility index (Phi) is 6.41. The Labute approximate surface area is 143 Å². The predicted octanol–water partition coefficient (Wildman–Crippen LogP) is -2.82. The van der Waals surface area contributed by atoms with Crippen molar-refractivity contribution in [3.63, 3.8) is 0 Å². The van der Waals surface area contributed by atoms with Crippen LogP contribution in [-0.4, -0.2) is 84.4 Å². The predicted molar refractivity (Wildman–Crippen MR) is 82.0 cm³/mol. The average Bonchev–Trinajstić information content (AvgIpc) is 2.59. The van der Waals surface area contributed by atoms with Gasteiger partial charge in [0.25, 0.3) is 5.79 Å². The Balaban J connectivity index is 2.20. The van der Waals surface area contributed by atoms with Crippen LogP contribution >= 0.6 is 0 Å². The van der Waals surface area contributed by atoms with Gasteiger partial charge >= 0.3 is 5.97 Å². The van der Waals surface area contributed by atoms with E-state index >= 15 is 0 Å². The van der Waals surface area contributed by atoms with Crippen LogP contribution in [0, 0.1) is 0 Å². The number of aliphatic carboxylic acids is 1. The lowest BCUT2D eigenvalue weighted by atomic mass is 9.88. The molecular formula is C15H22N2O8. The van der Waals surface area contributed by atoms with Crippen molar-refractivity contribution in [2.45, 2.75) is 49.2 Å². The molecule has 1 aliphatic rings. The van der Waals surface area contributed by atoms with Crippen molar-refractivity contribution in [3.8, 4) is 0 Å². The molecule has 140 valence electrons. The minimum atomic E-state index is -2.72. The third kappa shape index (κ3) is 4.50. The van der Waals surface area contributed by atoms with Gasteiger partial charge in [-0.15, -0.1) is 0 Å². The Morgan fingerprint density at radius 2 is 2.20 bits per heavy atom. The smallest absolute Gasteiger partial charge is 0.364 e. The van der Waals surface area contributed by atoms with E-state index in [2.05, 4.69) is 10.3 Å². The van der Waals surface area contributed by atoms with Crippen molar-refractivity contribution in [2.75, 3.05) is 6.61 Å². The number of pyridine rings is 1. The maximum Gasteiger partial charge on any atom is 0.364 e. The van der Waals surface area contributed by atoms with Gasteiger partial charge in [0.1, 0.15) is 18.3 Å². The second kappa shape index (κ2) is 8.15. The molecule has 0 radical (unpaired) electrons. The van der Waals surface area contributed by atoms with Crippen molar-refractivity contribution in [2.24, 2.45) is 0 Å². The first-order chi connectivity index (χ1) is 11.8. The molecule has 0 saturated carbocycles. The molecule has 1 aliphatic heterocycles. The van der Waals surface area contributed by atoms with Crippen LogP contribution in [0.15, 0.2) is 24.5 Å². The van der Waals surface area contributed by atoms with Crippen LogP contribution in [0.4, 0.5) is 0 Å². The summed E-state index contributed by atoms with van der Waals surface area (Å²) >= 11 is 0. The van der Waals surface area contributed by atoms with Gasteiger partial charge in [-0.3, -0.25) is 4.98 Å². The Hall–Kier alpha value is -1.66. The lowest BCUT2D eigenvalue weighted by Gasteiger charge is -2.44. The van der Waals surface area contributed by atoms with Crippen LogP contribution in [-0.2, 0) is 16.1 Å².